The van der Waals surface area contributed by atoms with Gasteiger partial charge in [0.2, 0.25) is 12.2 Å². The van der Waals surface area contributed by atoms with E-state index in [1.807, 2.05) is 24.3 Å². The molecule has 2 aliphatic heterocycles. The molecule has 9 nitrogen and oxygen atoms in total. The highest BCUT2D eigenvalue weighted by Crippen LogP contribution is 2.19. The molecule has 2 N–H and O–H groups in total. The molecule has 1 unspecified atom stereocenters. The van der Waals surface area contributed by atoms with Crippen molar-refractivity contribution in [2.75, 3.05) is 19.7 Å². The highest BCUT2D eigenvalue weighted by atomic mass is 16.5. The van der Waals surface area contributed by atoms with E-state index in [4.69, 9.17) is 4.74 Å². The van der Waals surface area contributed by atoms with Crippen molar-refractivity contribution in [3.63, 3.8) is 0 Å². The molecule has 29 heavy (non-hydrogen) atoms. The summed E-state index contributed by atoms with van der Waals surface area (Å²) in [6.07, 6.45) is 7.13. The molecule has 4 rings (SSSR count). The molecule has 0 spiro atoms. The molecule has 0 saturated heterocycles. The Hall–Kier alpha value is -3.59. The van der Waals surface area contributed by atoms with Gasteiger partial charge in [0.05, 0.1) is 6.61 Å². The monoisotopic (exact) mass is 393 g/mol. The third-order valence-corrected chi connectivity index (χ3v) is 4.65. The summed E-state index contributed by atoms with van der Waals surface area (Å²) < 4.78 is 5.73. The van der Waals surface area contributed by atoms with Crippen LogP contribution in [0.15, 0.2) is 58.1 Å². The second-order valence-corrected chi connectivity index (χ2v) is 6.72. The van der Waals surface area contributed by atoms with Crippen molar-refractivity contribution in [1.82, 2.24) is 15.2 Å². The van der Waals surface area contributed by atoms with Gasteiger partial charge in [-0.2, -0.15) is 4.99 Å². The number of rotatable bonds is 7. The topological polar surface area (TPSA) is 101 Å². The minimum atomic E-state index is -0.255. The minimum absolute atomic E-state index is 0.0784. The lowest BCUT2D eigenvalue weighted by atomic mass is 10.2. The van der Waals surface area contributed by atoms with Gasteiger partial charge in [-0.15, -0.1) is 5.01 Å². The molecular formula is C20H21N6O3+. The Bertz CT molecular complexity index is 1050. The zero-order valence-corrected chi connectivity index (χ0v) is 16.0. The quantitative estimate of drug-likeness (QED) is 0.650. The van der Waals surface area contributed by atoms with Crippen LogP contribution < -0.4 is 15.1 Å². The van der Waals surface area contributed by atoms with Crippen molar-refractivity contribution in [2.24, 2.45) is 10.1 Å². The fraction of sp³-hybridized carbons (Fsp3) is 0.250. The Morgan fingerprint density at radius 1 is 1.28 bits per heavy atom. The molecule has 1 aromatic heterocycles. The number of amides is 2. The number of hydrogen-bond donors (Lipinski definition) is 2. The normalized spacial score (nSPS) is 17.8. The summed E-state index contributed by atoms with van der Waals surface area (Å²) in [6, 6.07) is 7.79. The Morgan fingerprint density at radius 3 is 3.07 bits per heavy atom. The van der Waals surface area contributed by atoms with Gasteiger partial charge in [0.25, 0.3) is 5.70 Å². The number of benzene rings is 1. The summed E-state index contributed by atoms with van der Waals surface area (Å²) in [4.78, 5) is 34.1. The van der Waals surface area contributed by atoms with Crippen LogP contribution in [0.2, 0.25) is 0 Å². The summed E-state index contributed by atoms with van der Waals surface area (Å²) in [5.41, 5.74) is 1.08. The van der Waals surface area contributed by atoms with Gasteiger partial charge in [-0.3, -0.25) is 19.5 Å². The van der Waals surface area contributed by atoms with Crippen molar-refractivity contribution in [1.29, 1.82) is 0 Å². The number of aliphatic imine (C=N–C) groups is 1. The number of allylic oxidation sites excluding steroid dienone is 1. The van der Waals surface area contributed by atoms with Gasteiger partial charge in [0.15, 0.2) is 6.34 Å². The van der Waals surface area contributed by atoms with E-state index in [2.05, 4.69) is 20.4 Å². The maximum Gasteiger partial charge on any atom is 0.318 e. The van der Waals surface area contributed by atoms with Crippen LogP contribution in [-0.2, 0) is 9.59 Å². The summed E-state index contributed by atoms with van der Waals surface area (Å²) >= 11 is 0. The molecule has 1 atom stereocenters. The van der Waals surface area contributed by atoms with E-state index in [9.17, 15) is 9.59 Å². The molecule has 0 radical (unpaired) electrons. The number of carbonyl (C=O) groups excluding carboxylic acids is 2. The van der Waals surface area contributed by atoms with E-state index >= 15 is 0 Å². The van der Waals surface area contributed by atoms with Crippen molar-refractivity contribution in [3.8, 4) is 5.75 Å². The van der Waals surface area contributed by atoms with E-state index in [-0.39, 0.29) is 18.4 Å². The molecule has 2 amide bonds. The Balaban J connectivity index is 1.20. The molecule has 2 aliphatic rings. The van der Waals surface area contributed by atoms with Crippen LogP contribution in [0, 0.1) is 0 Å². The second-order valence-electron chi connectivity index (χ2n) is 6.72. The van der Waals surface area contributed by atoms with Crippen molar-refractivity contribution >= 4 is 35.3 Å². The lowest BCUT2D eigenvalue weighted by Gasteiger charge is -2.21. The number of nitrogens with zero attached hydrogens (tertiary/aromatic N) is 4. The number of carbonyl (C=O) groups is 2. The fourth-order valence-corrected chi connectivity index (χ4v) is 3.13. The number of hydrogen-bond acceptors (Lipinski definition) is 6. The third kappa shape index (κ3) is 4.14. The van der Waals surface area contributed by atoms with Crippen LogP contribution in [0.5, 0.6) is 5.75 Å². The largest absolute Gasteiger partial charge is 0.494 e. The van der Waals surface area contributed by atoms with Crippen molar-refractivity contribution < 1.29 is 19.3 Å². The second kappa shape index (κ2) is 8.19. The first-order chi connectivity index (χ1) is 14.1. The average molecular weight is 393 g/mol. The molecule has 148 valence electrons. The fourth-order valence-electron chi connectivity index (χ4n) is 3.13. The van der Waals surface area contributed by atoms with Crippen LogP contribution in [0.1, 0.15) is 13.3 Å². The van der Waals surface area contributed by atoms with Gasteiger partial charge in [-0.1, -0.05) is 11.2 Å². The average Bonchev–Trinajstić information content (AvgIpc) is 3.11. The SMILES string of the molecule is CC1=C2C(=O)N(CC(=O)NCCCOc3ccc4ccncc4c3)C=N[NH+]2C=N1. The maximum atomic E-state index is 12.5. The van der Waals surface area contributed by atoms with Crippen molar-refractivity contribution in [2.45, 2.75) is 13.3 Å². The van der Waals surface area contributed by atoms with Gasteiger partial charge in [-0.25, -0.2) is 0 Å². The van der Waals surface area contributed by atoms with Crippen LogP contribution in [0.3, 0.4) is 0 Å². The summed E-state index contributed by atoms with van der Waals surface area (Å²) in [6.45, 7) is 2.60. The Morgan fingerprint density at radius 2 is 2.17 bits per heavy atom. The predicted octanol–water partition coefficient (Wildman–Crippen LogP) is 0.0637. The molecule has 2 aromatic rings. The molecule has 0 fully saturated rings. The highest BCUT2D eigenvalue weighted by molar-refractivity contribution is 6.03. The van der Waals surface area contributed by atoms with Crippen molar-refractivity contribution in [3.05, 3.63) is 48.1 Å². The Labute approximate surface area is 167 Å². The summed E-state index contributed by atoms with van der Waals surface area (Å²) in [5, 5.41) is 9.65. The molecule has 0 saturated carbocycles. The van der Waals surface area contributed by atoms with E-state index in [0.29, 0.717) is 36.0 Å². The van der Waals surface area contributed by atoms with E-state index in [1.165, 1.54) is 11.2 Å². The van der Waals surface area contributed by atoms with Gasteiger partial charge in [0.1, 0.15) is 18.0 Å². The van der Waals surface area contributed by atoms with Gasteiger partial charge in [-0.05, 0) is 36.9 Å². The summed E-state index contributed by atoms with van der Waals surface area (Å²) in [7, 11) is 0. The van der Waals surface area contributed by atoms with Crippen LogP contribution >= 0.6 is 0 Å². The number of aromatic nitrogens is 1. The van der Waals surface area contributed by atoms with Crippen LogP contribution in [-0.4, -0.2) is 54.1 Å². The highest BCUT2D eigenvalue weighted by Gasteiger charge is 2.37. The lowest BCUT2D eigenvalue weighted by Crippen LogP contribution is -3.06. The summed E-state index contributed by atoms with van der Waals surface area (Å²) in [5.74, 6) is 0.262. The molecular weight excluding hydrogens is 372 g/mol. The van der Waals surface area contributed by atoms with E-state index in [1.54, 1.807) is 25.7 Å². The number of fused-ring (bicyclic) bond motifs is 2. The first-order valence-corrected chi connectivity index (χ1v) is 9.32. The molecule has 9 heteroatoms. The Kier molecular flexibility index (Phi) is 5.30. The smallest absolute Gasteiger partial charge is 0.318 e. The zero-order chi connectivity index (χ0) is 20.2. The zero-order valence-electron chi connectivity index (χ0n) is 16.0. The third-order valence-electron chi connectivity index (χ3n) is 4.65. The molecule has 1 aromatic carbocycles. The van der Waals surface area contributed by atoms with Gasteiger partial charge >= 0.3 is 5.91 Å². The standard InChI is InChI=1S/C20H20N6O3/c1-14-19-20(28)25(13-24-26(19)12-23-14)11-18(27)22-6-2-8-29-17-4-3-15-5-7-21-10-16(15)9-17/h3-5,7,9-10,12-13H,2,6,8,11H2,1H3,(H,22,27)/p+1. The van der Waals surface area contributed by atoms with Gasteiger partial charge in [0, 0.05) is 24.3 Å². The number of nitrogens with one attached hydrogen (secondary N) is 2. The first-order valence-electron chi connectivity index (χ1n) is 9.32. The number of pyridine rings is 1. The van der Waals surface area contributed by atoms with Crippen LogP contribution in [0.4, 0.5) is 0 Å². The predicted molar refractivity (Wildman–Crippen MR) is 107 cm³/mol. The first kappa shape index (κ1) is 18.8. The minimum Gasteiger partial charge on any atom is -0.494 e. The number of ether oxygens (including phenoxy) is 1. The molecule has 0 bridgehead atoms. The van der Waals surface area contributed by atoms with Gasteiger partial charge < -0.3 is 10.1 Å². The lowest BCUT2D eigenvalue weighted by molar-refractivity contribution is -0.756. The van der Waals surface area contributed by atoms with E-state index in [0.717, 1.165) is 16.5 Å². The molecule has 3 heterocycles. The maximum absolute atomic E-state index is 12.5. The molecule has 0 aliphatic carbocycles. The van der Waals surface area contributed by atoms with E-state index < -0.39 is 0 Å². The number of quaternary nitrogens is 1. The van der Waals surface area contributed by atoms with Crippen LogP contribution in [0.25, 0.3) is 10.8 Å².